The maximum Gasteiger partial charge on any atom is 0.306 e. The predicted octanol–water partition coefficient (Wildman–Crippen LogP) is 3.83. The number of ether oxygens (including phenoxy) is 1. The number of carbonyl (C=O) groups excluding carboxylic acids is 1. The summed E-state index contributed by atoms with van der Waals surface area (Å²) in [7, 11) is 0. The van der Waals surface area contributed by atoms with Crippen LogP contribution >= 0.6 is 0 Å². The Kier molecular flexibility index (Phi) is 12.5. The predicted molar refractivity (Wildman–Crippen MR) is 74.5 cm³/mol. The number of carbonyl (C=O) groups is 1. The van der Waals surface area contributed by atoms with E-state index < -0.39 is 0 Å². The fourth-order valence-electron chi connectivity index (χ4n) is 1.94. The highest BCUT2D eigenvalue weighted by atomic mass is 16.5. The monoisotopic (exact) mass is 258 g/mol. The largest absolute Gasteiger partial charge is 0.463 e. The Morgan fingerprint density at radius 3 is 2.39 bits per heavy atom. The summed E-state index contributed by atoms with van der Waals surface area (Å²) in [5, 5.41) is 8.66. The molecule has 0 aliphatic heterocycles. The van der Waals surface area contributed by atoms with Crippen LogP contribution in [0, 0.1) is 0 Å². The number of aliphatic hydroxyl groups is 1. The van der Waals surface area contributed by atoms with Crippen LogP contribution < -0.4 is 0 Å². The van der Waals surface area contributed by atoms with Gasteiger partial charge in [-0.2, -0.15) is 0 Å². The van der Waals surface area contributed by atoms with Gasteiger partial charge in [0, 0.05) is 13.0 Å². The van der Waals surface area contributed by atoms with Crippen molar-refractivity contribution in [1.29, 1.82) is 0 Å². The Balaban J connectivity index is 3.35. The molecule has 0 aromatic carbocycles. The first-order chi connectivity index (χ1) is 8.70. The molecule has 0 aliphatic rings. The van der Waals surface area contributed by atoms with E-state index in [0.29, 0.717) is 6.42 Å². The van der Waals surface area contributed by atoms with E-state index in [1.807, 2.05) is 6.92 Å². The van der Waals surface area contributed by atoms with E-state index in [9.17, 15) is 4.79 Å². The van der Waals surface area contributed by atoms with E-state index in [0.717, 1.165) is 32.1 Å². The summed E-state index contributed by atoms with van der Waals surface area (Å²) in [6.07, 6.45) is 10.3. The minimum absolute atomic E-state index is 0.0101. The zero-order valence-corrected chi connectivity index (χ0v) is 12.1. The molecule has 0 amide bonds. The molecular formula is C15H30O3. The summed E-state index contributed by atoms with van der Waals surface area (Å²) in [5.74, 6) is -0.0676. The quantitative estimate of drug-likeness (QED) is 0.427. The molecule has 0 aliphatic carbocycles. The summed E-state index contributed by atoms with van der Waals surface area (Å²) >= 11 is 0. The molecule has 0 heterocycles. The van der Waals surface area contributed by atoms with Gasteiger partial charge in [0.1, 0.15) is 0 Å². The molecule has 108 valence electrons. The van der Waals surface area contributed by atoms with Gasteiger partial charge < -0.3 is 9.84 Å². The van der Waals surface area contributed by atoms with Gasteiger partial charge in [-0.05, 0) is 32.6 Å². The van der Waals surface area contributed by atoms with Gasteiger partial charge >= 0.3 is 5.97 Å². The lowest BCUT2D eigenvalue weighted by Crippen LogP contribution is -2.14. The Labute approximate surface area is 112 Å². The van der Waals surface area contributed by atoms with Crippen LogP contribution in [0.15, 0.2) is 0 Å². The molecule has 0 bridgehead atoms. The second-order valence-electron chi connectivity index (χ2n) is 5.04. The molecule has 0 spiro atoms. The van der Waals surface area contributed by atoms with Crippen LogP contribution in [-0.2, 0) is 9.53 Å². The summed E-state index contributed by atoms with van der Waals surface area (Å²) in [6, 6.07) is 0. The Morgan fingerprint density at radius 2 is 1.72 bits per heavy atom. The fourth-order valence-corrected chi connectivity index (χ4v) is 1.94. The van der Waals surface area contributed by atoms with Gasteiger partial charge in [-0.1, -0.05) is 39.0 Å². The van der Waals surface area contributed by atoms with Crippen LogP contribution in [0.4, 0.5) is 0 Å². The lowest BCUT2D eigenvalue weighted by Gasteiger charge is -2.12. The molecule has 0 radical (unpaired) electrons. The van der Waals surface area contributed by atoms with Crippen LogP contribution in [-0.4, -0.2) is 23.8 Å². The van der Waals surface area contributed by atoms with Crippen molar-refractivity contribution in [3.63, 3.8) is 0 Å². The zero-order valence-electron chi connectivity index (χ0n) is 12.1. The maximum atomic E-state index is 11.5. The molecule has 0 rings (SSSR count). The third-order valence-corrected chi connectivity index (χ3v) is 3.09. The summed E-state index contributed by atoms with van der Waals surface area (Å²) in [4.78, 5) is 11.5. The first kappa shape index (κ1) is 17.4. The number of hydrogen-bond donors (Lipinski definition) is 1. The second kappa shape index (κ2) is 12.9. The van der Waals surface area contributed by atoms with E-state index in [2.05, 4.69) is 6.92 Å². The standard InChI is InChI=1S/C15H30O3/c1-3-4-5-6-7-8-12-15(17)18-14(2)11-9-10-13-16/h14,16H,3-13H2,1-2H3. The minimum atomic E-state index is -0.0676. The molecular weight excluding hydrogens is 228 g/mol. The van der Waals surface area contributed by atoms with Gasteiger partial charge in [0.05, 0.1) is 6.10 Å². The van der Waals surface area contributed by atoms with Gasteiger partial charge in [0.2, 0.25) is 0 Å². The number of unbranched alkanes of at least 4 members (excludes halogenated alkanes) is 6. The molecule has 1 unspecified atom stereocenters. The Morgan fingerprint density at radius 1 is 1.06 bits per heavy atom. The zero-order chi connectivity index (χ0) is 13.6. The number of esters is 1. The molecule has 1 atom stereocenters. The summed E-state index contributed by atoms with van der Waals surface area (Å²) in [5.41, 5.74) is 0. The smallest absolute Gasteiger partial charge is 0.306 e. The molecule has 3 nitrogen and oxygen atoms in total. The average Bonchev–Trinajstić information content (AvgIpc) is 2.34. The lowest BCUT2D eigenvalue weighted by atomic mass is 10.1. The number of rotatable bonds is 12. The summed E-state index contributed by atoms with van der Waals surface area (Å²) < 4.78 is 5.30. The highest BCUT2D eigenvalue weighted by molar-refractivity contribution is 5.69. The van der Waals surface area contributed by atoms with E-state index in [1.54, 1.807) is 0 Å². The van der Waals surface area contributed by atoms with Crippen molar-refractivity contribution >= 4 is 5.97 Å². The van der Waals surface area contributed by atoms with Crippen LogP contribution in [0.5, 0.6) is 0 Å². The van der Waals surface area contributed by atoms with Crippen molar-refractivity contribution in [2.24, 2.45) is 0 Å². The van der Waals surface area contributed by atoms with Crippen molar-refractivity contribution in [2.75, 3.05) is 6.61 Å². The van der Waals surface area contributed by atoms with E-state index in [4.69, 9.17) is 9.84 Å². The van der Waals surface area contributed by atoms with Crippen molar-refractivity contribution in [3.05, 3.63) is 0 Å². The Hall–Kier alpha value is -0.570. The SMILES string of the molecule is CCCCCCCCC(=O)OC(C)CCCCO. The highest BCUT2D eigenvalue weighted by Crippen LogP contribution is 2.10. The maximum absolute atomic E-state index is 11.5. The molecule has 0 aromatic heterocycles. The first-order valence-corrected chi connectivity index (χ1v) is 7.51. The molecule has 0 saturated carbocycles. The number of aliphatic hydroxyl groups excluding tert-OH is 1. The van der Waals surface area contributed by atoms with Crippen LogP contribution in [0.3, 0.4) is 0 Å². The third-order valence-electron chi connectivity index (χ3n) is 3.09. The second-order valence-corrected chi connectivity index (χ2v) is 5.04. The number of hydrogen-bond acceptors (Lipinski definition) is 3. The first-order valence-electron chi connectivity index (χ1n) is 7.51. The van der Waals surface area contributed by atoms with Crippen LogP contribution in [0.1, 0.15) is 78.1 Å². The summed E-state index contributed by atoms with van der Waals surface area (Å²) in [6.45, 7) is 4.35. The van der Waals surface area contributed by atoms with Crippen molar-refractivity contribution in [1.82, 2.24) is 0 Å². The third kappa shape index (κ3) is 11.9. The van der Waals surface area contributed by atoms with Gasteiger partial charge in [0.15, 0.2) is 0 Å². The topological polar surface area (TPSA) is 46.5 Å². The van der Waals surface area contributed by atoms with Gasteiger partial charge in [0.25, 0.3) is 0 Å². The van der Waals surface area contributed by atoms with Gasteiger partial charge in [-0.15, -0.1) is 0 Å². The molecule has 0 aromatic rings. The van der Waals surface area contributed by atoms with Gasteiger partial charge in [-0.25, -0.2) is 0 Å². The van der Waals surface area contributed by atoms with Gasteiger partial charge in [-0.3, -0.25) is 4.79 Å². The Bertz CT molecular complexity index is 192. The van der Waals surface area contributed by atoms with Crippen molar-refractivity contribution in [3.8, 4) is 0 Å². The van der Waals surface area contributed by atoms with Crippen LogP contribution in [0.2, 0.25) is 0 Å². The van der Waals surface area contributed by atoms with E-state index in [-0.39, 0.29) is 18.7 Å². The molecule has 18 heavy (non-hydrogen) atoms. The van der Waals surface area contributed by atoms with Crippen molar-refractivity contribution < 1.29 is 14.6 Å². The van der Waals surface area contributed by atoms with Crippen LogP contribution in [0.25, 0.3) is 0 Å². The highest BCUT2D eigenvalue weighted by Gasteiger charge is 2.08. The molecule has 1 N–H and O–H groups in total. The molecule has 0 fully saturated rings. The minimum Gasteiger partial charge on any atom is -0.463 e. The van der Waals surface area contributed by atoms with E-state index in [1.165, 1.54) is 25.7 Å². The fraction of sp³-hybridized carbons (Fsp3) is 0.933. The lowest BCUT2D eigenvalue weighted by molar-refractivity contribution is -0.148. The van der Waals surface area contributed by atoms with E-state index >= 15 is 0 Å². The van der Waals surface area contributed by atoms with Crippen molar-refractivity contribution in [2.45, 2.75) is 84.2 Å². The molecule has 0 saturated heterocycles. The molecule has 3 heteroatoms. The average molecular weight is 258 g/mol. The normalized spacial score (nSPS) is 12.4.